The van der Waals surface area contributed by atoms with E-state index in [0.717, 1.165) is 24.3 Å². The molecule has 0 saturated heterocycles. The Balaban J connectivity index is 1.84. The molecule has 16 heavy (non-hydrogen) atoms. The largest absolute Gasteiger partial charge is 0.368 e. The molecule has 0 aliphatic heterocycles. The summed E-state index contributed by atoms with van der Waals surface area (Å²) < 4.78 is 1.18. The Morgan fingerprint density at radius 3 is 3.00 bits per heavy atom. The normalized spacial score (nSPS) is 10.4. The van der Waals surface area contributed by atoms with Gasteiger partial charge in [0.1, 0.15) is 5.82 Å². The lowest BCUT2D eigenvalue weighted by atomic mass is 10.3. The van der Waals surface area contributed by atoms with E-state index in [1.807, 2.05) is 13.0 Å². The van der Waals surface area contributed by atoms with Crippen LogP contribution in [0.25, 0.3) is 0 Å². The Bertz CT molecular complexity index is 470. The Morgan fingerprint density at radius 2 is 2.31 bits per heavy atom. The second-order valence-electron chi connectivity index (χ2n) is 3.50. The number of hydrogen-bond acceptors (Lipinski definition) is 4. The minimum Gasteiger partial charge on any atom is -0.368 e. The lowest BCUT2D eigenvalue weighted by Gasteiger charge is -2.03. The summed E-state index contributed by atoms with van der Waals surface area (Å²) in [5.74, 6) is 0.843. The van der Waals surface area contributed by atoms with Crippen LogP contribution in [0.1, 0.15) is 10.4 Å². The Labute approximate surface area is 107 Å². The molecular weight excluding hydrogens is 286 g/mol. The second-order valence-corrected chi connectivity index (χ2v) is 6.05. The summed E-state index contributed by atoms with van der Waals surface area (Å²) >= 11 is 5.22. The molecule has 0 amide bonds. The molecule has 0 spiro atoms. The first-order chi connectivity index (χ1) is 7.74. The fourth-order valence-electron chi connectivity index (χ4n) is 1.35. The van der Waals surface area contributed by atoms with Crippen LogP contribution in [0, 0.1) is 6.92 Å². The zero-order valence-electron chi connectivity index (χ0n) is 8.90. The molecule has 1 N–H and O–H groups in total. The number of aromatic nitrogens is 2. The van der Waals surface area contributed by atoms with E-state index < -0.39 is 0 Å². The number of rotatable bonds is 4. The van der Waals surface area contributed by atoms with Crippen LogP contribution in [0.2, 0.25) is 0 Å². The number of halogens is 1. The van der Waals surface area contributed by atoms with Crippen LogP contribution in [0.5, 0.6) is 0 Å². The zero-order chi connectivity index (χ0) is 11.4. The van der Waals surface area contributed by atoms with Crippen LogP contribution in [0.4, 0.5) is 5.82 Å². The third kappa shape index (κ3) is 3.28. The summed E-state index contributed by atoms with van der Waals surface area (Å²) in [4.78, 5) is 1.36. The van der Waals surface area contributed by atoms with Crippen molar-refractivity contribution in [1.82, 2.24) is 10.2 Å². The van der Waals surface area contributed by atoms with Gasteiger partial charge in [0.15, 0.2) is 0 Å². The quantitative estimate of drug-likeness (QED) is 0.941. The highest BCUT2D eigenvalue weighted by Crippen LogP contribution is 2.22. The maximum absolute atomic E-state index is 4.01. The molecule has 84 valence electrons. The second kappa shape index (κ2) is 5.41. The predicted molar refractivity (Wildman–Crippen MR) is 71.0 cm³/mol. The van der Waals surface area contributed by atoms with Crippen molar-refractivity contribution in [1.29, 1.82) is 0 Å². The maximum atomic E-state index is 4.01. The summed E-state index contributed by atoms with van der Waals surface area (Å²) in [5.41, 5.74) is 1.12. The smallest absolute Gasteiger partial charge is 0.148 e. The van der Waals surface area contributed by atoms with Crippen molar-refractivity contribution in [3.05, 3.63) is 38.6 Å². The molecule has 0 aromatic carbocycles. The van der Waals surface area contributed by atoms with Gasteiger partial charge >= 0.3 is 0 Å². The highest BCUT2D eigenvalue weighted by molar-refractivity contribution is 9.11. The fraction of sp³-hybridized carbons (Fsp3) is 0.273. The van der Waals surface area contributed by atoms with Crippen molar-refractivity contribution in [2.45, 2.75) is 13.3 Å². The zero-order valence-corrected chi connectivity index (χ0v) is 11.3. The van der Waals surface area contributed by atoms with Gasteiger partial charge in [-0.1, -0.05) is 0 Å². The Morgan fingerprint density at radius 1 is 1.44 bits per heavy atom. The van der Waals surface area contributed by atoms with Crippen LogP contribution in [0.3, 0.4) is 0 Å². The molecule has 0 saturated carbocycles. The standard InChI is InChI=1S/C11H12BrN3S/c1-8-6-11(15-14-7-8)13-5-4-9-2-3-10(12)16-9/h2-3,6-7H,4-5H2,1H3,(H,13,15). The van der Waals surface area contributed by atoms with Crippen LogP contribution in [0.15, 0.2) is 28.2 Å². The summed E-state index contributed by atoms with van der Waals surface area (Å²) in [6.07, 6.45) is 2.76. The van der Waals surface area contributed by atoms with E-state index >= 15 is 0 Å². The number of thiophene rings is 1. The van der Waals surface area contributed by atoms with Gasteiger partial charge in [0.05, 0.1) is 9.98 Å². The molecule has 2 aromatic heterocycles. The molecule has 0 aliphatic carbocycles. The first-order valence-corrected chi connectivity index (χ1v) is 6.62. The number of hydrogen-bond donors (Lipinski definition) is 1. The monoisotopic (exact) mass is 297 g/mol. The lowest BCUT2D eigenvalue weighted by molar-refractivity contribution is 0.968. The Hall–Kier alpha value is -0.940. The van der Waals surface area contributed by atoms with Gasteiger partial charge in [0.2, 0.25) is 0 Å². The van der Waals surface area contributed by atoms with Crippen molar-refractivity contribution in [2.75, 3.05) is 11.9 Å². The highest BCUT2D eigenvalue weighted by Gasteiger charge is 1.98. The van der Waals surface area contributed by atoms with Gasteiger partial charge in [-0.15, -0.1) is 16.4 Å². The van der Waals surface area contributed by atoms with Crippen LogP contribution in [-0.4, -0.2) is 16.7 Å². The molecule has 0 bridgehead atoms. The van der Waals surface area contributed by atoms with Crippen molar-refractivity contribution < 1.29 is 0 Å². The van der Waals surface area contributed by atoms with Crippen molar-refractivity contribution in [3.8, 4) is 0 Å². The molecule has 0 fully saturated rings. The molecule has 0 atom stereocenters. The number of anilines is 1. The third-order valence-electron chi connectivity index (χ3n) is 2.10. The Kier molecular flexibility index (Phi) is 3.90. The predicted octanol–water partition coefficient (Wildman–Crippen LogP) is 3.26. The number of aryl methyl sites for hydroxylation is 1. The average molecular weight is 298 g/mol. The van der Waals surface area contributed by atoms with E-state index in [1.54, 1.807) is 17.5 Å². The van der Waals surface area contributed by atoms with Gasteiger partial charge in [-0.05, 0) is 53.0 Å². The van der Waals surface area contributed by atoms with Crippen molar-refractivity contribution in [3.63, 3.8) is 0 Å². The van der Waals surface area contributed by atoms with Crippen molar-refractivity contribution >= 4 is 33.1 Å². The maximum Gasteiger partial charge on any atom is 0.148 e. The molecular formula is C11H12BrN3S. The topological polar surface area (TPSA) is 37.8 Å². The SMILES string of the molecule is Cc1cnnc(NCCc2ccc(Br)s2)c1. The summed E-state index contributed by atoms with van der Waals surface area (Å²) in [6, 6.07) is 6.21. The van der Waals surface area contributed by atoms with Crippen LogP contribution >= 0.6 is 27.3 Å². The summed E-state index contributed by atoms with van der Waals surface area (Å²) in [7, 11) is 0. The minimum absolute atomic E-state index is 0.843. The van der Waals surface area contributed by atoms with E-state index in [1.165, 1.54) is 8.66 Å². The van der Waals surface area contributed by atoms with E-state index in [2.05, 4.69) is 43.6 Å². The first kappa shape index (κ1) is 11.5. The third-order valence-corrected chi connectivity index (χ3v) is 3.78. The molecule has 0 radical (unpaired) electrons. The molecule has 2 rings (SSSR count). The number of nitrogens with zero attached hydrogens (tertiary/aromatic N) is 2. The van der Waals surface area contributed by atoms with Gasteiger partial charge in [0, 0.05) is 11.4 Å². The van der Waals surface area contributed by atoms with Gasteiger partial charge < -0.3 is 5.32 Å². The highest BCUT2D eigenvalue weighted by atomic mass is 79.9. The van der Waals surface area contributed by atoms with Crippen LogP contribution in [-0.2, 0) is 6.42 Å². The fourth-order valence-corrected chi connectivity index (χ4v) is 2.83. The average Bonchev–Trinajstić information content (AvgIpc) is 2.64. The van der Waals surface area contributed by atoms with E-state index in [9.17, 15) is 0 Å². The van der Waals surface area contributed by atoms with Crippen molar-refractivity contribution in [2.24, 2.45) is 0 Å². The summed E-state index contributed by atoms with van der Waals surface area (Å²) in [6.45, 7) is 2.89. The van der Waals surface area contributed by atoms with Crippen LogP contribution < -0.4 is 5.32 Å². The van der Waals surface area contributed by atoms with Gasteiger partial charge in [-0.3, -0.25) is 0 Å². The molecule has 0 unspecified atom stereocenters. The van der Waals surface area contributed by atoms with Gasteiger partial charge in [0.25, 0.3) is 0 Å². The minimum atomic E-state index is 0.843. The number of nitrogens with one attached hydrogen (secondary N) is 1. The molecule has 2 heterocycles. The van der Waals surface area contributed by atoms with E-state index in [-0.39, 0.29) is 0 Å². The van der Waals surface area contributed by atoms with Gasteiger partial charge in [-0.25, -0.2) is 0 Å². The summed E-state index contributed by atoms with van der Waals surface area (Å²) in [5, 5.41) is 11.2. The molecule has 3 nitrogen and oxygen atoms in total. The first-order valence-electron chi connectivity index (χ1n) is 5.01. The lowest BCUT2D eigenvalue weighted by Crippen LogP contribution is -2.06. The van der Waals surface area contributed by atoms with E-state index in [0.29, 0.717) is 0 Å². The van der Waals surface area contributed by atoms with Gasteiger partial charge in [-0.2, -0.15) is 5.10 Å². The molecule has 5 heteroatoms. The molecule has 0 aliphatic rings. The molecule has 2 aromatic rings. The van der Waals surface area contributed by atoms with E-state index in [4.69, 9.17) is 0 Å².